The topological polar surface area (TPSA) is 49.7 Å². The Hall–Kier alpha value is -0.380. The highest BCUT2D eigenvalue weighted by atomic mass is 16.5. The maximum atomic E-state index is 10.9. The highest BCUT2D eigenvalue weighted by molar-refractivity contribution is 5.22. The molecule has 0 heterocycles. The van der Waals surface area contributed by atoms with E-state index in [-0.39, 0.29) is 0 Å². The minimum absolute atomic E-state index is 0.429. The smallest absolute Gasteiger partial charge is 0.0682 e. The fourth-order valence-corrected chi connectivity index (χ4v) is 8.43. The molecule has 0 amide bonds. The normalized spacial score (nSPS) is 44.1. The Labute approximate surface area is 191 Å². The third-order valence-electron chi connectivity index (χ3n) is 10.6. The summed E-state index contributed by atoms with van der Waals surface area (Å²) in [6.45, 7) is 7.39. The van der Waals surface area contributed by atoms with Crippen LogP contribution in [0.3, 0.4) is 0 Å². The molecule has 0 unspecified atom stereocenters. The molecular weight excluding hydrogens is 384 g/mol. The molecule has 3 heteroatoms. The van der Waals surface area contributed by atoms with Crippen LogP contribution in [0.2, 0.25) is 0 Å². The van der Waals surface area contributed by atoms with E-state index in [2.05, 4.69) is 19.9 Å². The summed E-state index contributed by atoms with van der Waals surface area (Å²) in [5.41, 5.74) is 1.09. The largest absolute Gasteiger partial charge is 0.390 e. The summed E-state index contributed by atoms with van der Waals surface area (Å²) >= 11 is 0. The first kappa shape index (κ1) is 23.8. The van der Waals surface area contributed by atoms with Crippen LogP contribution in [0.25, 0.3) is 0 Å². The second kappa shape index (κ2) is 9.11. The molecule has 3 fully saturated rings. The second-order valence-electron chi connectivity index (χ2n) is 12.3. The van der Waals surface area contributed by atoms with Crippen molar-refractivity contribution in [1.29, 1.82) is 0 Å². The predicted molar refractivity (Wildman–Crippen MR) is 127 cm³/mol. The van der Waals surface area contributed by atoms with Crippen molar-refractivity contribution in [2.75, 3.05) is 13.7 Å². The molecule has 0 radical (unpaired) electrons. The summed E-state index contributed by atoms with van der Waals surface area (Å²) in [6, 6.07) is 0. The van der Waals surface area contributed by atoms with E-state index in [1.54, 1.807) is 12.7 Å². The average Bonchev–Trinajstić information content (AvgIpc) is 3.08. The molecule has 0 aromatic carbocycles. The van der Waals surface area contributed by atoms with Gasteiger partial charge in [-0.25, -0.2) is 0 Å². The van der Waals surface area contributed by atoms with Crippen molar-refractivity contribution < 1.29 is 14.9 Å². The lowest BCUT2D eigenvalue weighted by Crippen LogP contribution is -2.47. The van der Waals surface area contributed by atoms with Gasteiger partial charge in [0.1, 0.15) is 0 Å². The first-order valence-electron chi connectivity index (χ1n) is 13.3. The van der Waals surface area contributed by atoms with Gasteiger partial charge in [-0.3, -0.25) is 0 Å². The van der Waals surface area contributed by atoms with E-state index in [1.165, 1.54) is 44.9 Å². The molecule has 0 aromatic rings. The summed E-state index contributed by atoms with van der Waals surface area (Å²) < 4.78 is 5.17. The number of rotatable bonds is 8. The third kappa shape index (κ3) is 4.66. The van der Waals surface area contributed by atoms with Crippen molar-refractivity contribution >= 4 is 0 Å². The van der Waals surface area contributed by atoms with Gasteiger partial charge in [-0.2, -0.15) is 0 Å². The van der Waals surface area contributed by atoms with Crippen molar-refractivity contribution in [2.45, 2.75) is 115 Å². The van der Waals surface area contributed by atoms with Crippen LogP contribution >= 0.6 is 0 Å². The van der Waals surface area contributed by atoms with Crippen molar-refractivity contribution in [2.24, 2.45) is 35.0 Å². The minimum atomic E-state index is -0.585. The lowest BCUT2D eigenvalue weighted by atomic mass is 9.51. The fourth-order valence-electron chi connectivity index (χ4n) is 8.43. The van der Waals surface area contributed by atoms with E-state index in [4.69, 9.17) is 4.74 Å². The molecule has 0 spiro atoms. The maximum Gasteiger partial charge on any atom is 0.0682 e. The molecule has 4 aliphatic carbocycles. The number of aliphatic hydroxyl groups is 2. The molecule has 0 aromatic heterocycles. The number of methoxy groups -OCH3 is 1. The molecule has 0 bridgehead atoms. The number of hydrogen-bond donors (Lipinski definition) is 2. The molecule has 31 heavy (non-hydrogen) atoms. The first-order valence-corrected chi connectivity index (χ1v) is 13.3. The van der Waals surface area contributed by atoms with E-state index < -0.39 is 11.2 Å². The maximum absolute atomic E-state index is 10.9. The van der Waals surface area contributed by atoms with Gasteiger partial charge in [-0.05, 0) is 119 Å². The van der Waals surface area contributed by atoms with Crippen molar-refractivity contribution in [3.05, 3.63) is 11.6 Å². The Morgan fingerprint density at radius 1 is 1.13 bits per heavy atom. The standard InChI is InChI=1S/C28H48O3/c1-5-28(30)16-13-22-20(19-28)8-10-24-23(22)12-15-27(3)21(9-11-25(24)27)7-6-14-26(2,29)17-18-31-4/h8,21-25,29-30H,5-7,9-19H2,1-4H3/t21-,22-,23+,24+,25-,26+,27+,28-/m0/s1. The van der Waals surface area contributed by atoms with Crippen LogP contribution in [0.4, 0.5) is 0 Å². The van der Waals surface area contributed by atoms with Gasteiger partial charge < -0.3 is 14.9 Å². The summed E-state index contributed by atoms with van der Waals surface area (Å²) in [7, 11) is 1.71. The van der Waals surface area contributed by atoms with Crippen LogP contribution in [0.1, 0.15) is 104 Å². The quantitative estimate of drug-likeness (QED) is 0.444. The number of fused-ring (bicyclic) bond motifs is 5. The molecule has 2 N–H and O–H groups in total. The Kier molecular flexibility index (Phi) is 6.98. The zero-order chi connectivity index (χ0) is 22.3. The zero-order valence-electron chi connectivity index (χ0n) is 20.7. The van der Waals surface area contributed by atoms with Gasteiger partial charge in [0.2, 0.25) is 0 Å². The molecule has 0 aliphatic heterocycles. The summed E-state index contributed by atoms with van der Waals surface area (Å²) in [5, 5.41) is 21.5. The summed E-state index contributed by atoms with van der Waals surface area (Å²) in [6.07, 6.45) is 17.5. The average molecular weight is 433 g/mol. The van der Waals surface area contributed by atoms with Gasteiger partial charge in [0.25, 0.3) is 0 Å². The molecule has 8 atom stereocenters. The van der Waals surface area contributed by atoms with Gasteiger partial charge >= 0.3 is 0 Å². The van der Waals surface area contributed by atoms with Crippen molar-refractivity contribution in [3.8, 4) is 0 Å². The SMILES string of the molecule is CC[C@]1(O)CC[C@H]2C(=CC[C@@H]3[C@@H]2CC[C@]2(C)[C@@H](CCC[C@@](C)(O)CCOC)CC[C@@H]32)C1. The van der Waals surface area contributed by atoms with Crippen LogP contribution in [-0.2, 0) is 4.74 Å². The lowest BCUT2D eigenvalue weighted by molar-refractivity contribution is -0.0416. The number of hydrogen-bond acceptors (Lipinski definition) is 3. The molecule has 3 nitrogen and oxygen atoms in total. The molecule has 4 aliphatic rings. The van der Waals surface area contributed by atoms with E-state index >= 15 is 0 Å². The summed E-state index contributed by atoms with van der Waals surface area (Å²) in [5.74, 6) is 4.21. The molecule has 3 saturated carbocycles. The number of ether oxygens (including phenoxy) is 1. The van der Waals surface area contributed by atoms with E-state index in [1.807, 2.05) is 6.92 Å². The van der Waals surface area contributed by atoms with Crippen LogP contribution in [-0.4, -0.2) is 35.1 Å². The van der Waals surface area contributed by atoms with Crippen molar-refractivity contribution in [1.82, 2.24) is 0 Å². The van der Waals surface area contributed by atoms with Crippen LogP contribution in [0.5, 0.6) is 0 Å². The van der Waals surface area contributed by atoms with Gasteiger partial charge in [0.15, 0.2) is 0 Å². The van der Waals surface area contributed by atoms with Crippen LogP contribution in [0, 0.1) is 35.0 Å². The van der Waals surface area contributed by atoms with Gasteiger partial charge in [-0.1, -0.05) is 31.9 Å². The lowest BCUT2D eigenvalue weighted by Gasteiger charge is -2.54. The Morgan fingerprint density at radius 2 is 1.94 bits per heavy atom. The Bertz CT molecular complexity index is 655. The van der Waals surface area contributed by atoms with Crippen molar-refractivity contribution in [3.63, 3.8) is 0 Å². The van der Waals surface area contributed by atoms with Crippen LogP contribution in [0.15, 0.2) is 11.6 Å². The Morgan fingerprint density at radius 3 is 2.68 bits per heavy atom. The summed E-state index contributed by atoms with van der Waals surface area (Å²) in [4.78, 5) is 0. The molecule has 0 saturated heterocycles. The monoisotopic (exact) mass is 432 g/mol. The Balaban J connectivity index is 1.38. The van der Waals surface area contributed by atoms with E-state index in [0.717, 1.165) is 68.1 Å². The molecular formula is C28H48O3. The minimum Gasteiger partial charge on any atom is -0.390 e. The van der Waals surface area contributed by atoms with Gasteiger partial charge in [0.05, 0.1) is 11.2 Å². The molecule has 4 rings (SSSR count). The van der Waals surface area contributed by atoms with Crippen LogP contribution < -0.4 is 0 Å². The highest BCUT2D eigenvalue weighted by Gasteiger charge is 2.56. The fraction of sp³-hybridized carbons (Fsp3) is 0.929. The second-order valence-corrected chi connectivity index (χ2v) is 12.3. The third-order valence-corrected chi connectivity index (χ3v) is 10.6. The van der Waals surface area contributed by atoms with Gasteiger partial charge in [0, 0.05) is 13.7 Å². The zero-order valence-corrected chi connectivity index (χ0v) is 20.7. The highest BCUT2D eigenvalue weighted by Crippen LogP contribution is 2.64. The van der Waals surface area contributed by atoms with E-state index in [0.29, 0.717) is 12.0 Å². The van der Waals surface area contributed by atoms with Gasteiger partial charge in [-0.15, -0.1) is 0 Å². The van der Waals surface area contributed by atoms with E-state index in [9.17, 15) is 10.2 Å². The number of allylic oxidation sites excluding steroid dienone is 1. The first-order chi connectivity index (χ1) is 14.7. The molecule has 178 valence electrons. The predicted octanol–water partition coefficient (Wildman–Crippen LogP) is 6.27.